The molecule has 3 rings (SSSR count). The summed E-state index contributed by atoms with van der Waals surface area (Å²) in [5, 5.41) is 32.5. The molecule has 106 valence electrons. The summed E-state index contributed by atoms with van der Waals surface area (Å²) in [6.45, 7) is 1.49. The maximum atomic E-state index is 9.92. The third-order valence-corrected chi connectivity index (χ3v) is 4.01. The molecule has 3 N–H and O–H groups in total. The fourth-order valence-corrected chi connectivity index (χ4v) is 2.97. The van der Waals surface area contributed by atoms with Crippen LogP contribution < -0.4 is 5.32 Å². The molecule has 0 aromatic heterocycles. The number of aromatic hydroxyl groups is 2. The van der Waals surface area contributed by atoms with Crippen LogP contribution in [-0.2, 0) is 6.42 Å². The van der Waals surface area contributed by atoms with Crippen molar-refractivity contribution in [1.29, 1.82) is 5.26 Å². The Labute approximate surface area is 123 Å². The van der Waals surface area contributed by atoms with Gasteiger partial charge in [-0.15, -0.1) is 0 Å². The minimum absolute atomic E-state index is 0.0577. The highest BCUT2D eigenvalue weighted by molar-refractivity contribution is 5.60. The summed E-state index contributed by atoms with van der Waals surface area (Å²) in [6.07, 6.45) is 0.662. The van der Waals surface area contributed by atoms with Crippen molar-refractivity contribution in [2.45, 2.75) is 12.3 Å². The van der Waals surface area contributed by atoms with Gasteiger partial charge in [0.15, 0.2) is 11.5 Å². The molecule has 1 heterocycles. The Morgan fingerprint density at radius 2 is 1.95 bits per heavy atom. The second-order valence-electron chi connectivity index (χ2n) is 5.22. The number of hydrogen-bond acceptors (Lipinski definition) is 4. The zero-order chi connectivity index (χ0) is 14.8. The molecule has 0 fully saturated rings. The Morgan fingerprint density at radius 3 is 2.67 bits per heavy atom. The van der Waals surface area contributed by atoms with Crippen LogP contribution in [0.3, 0.4) is 0 Å². The second kappa shape index (κ2) is 5.47. The van der Waals surface area contributed by atoms with Crippen LogP contribution in [0, 0.1) is 11.3 Å². The second-order valence-corrected chi connectivity index (χ2v) is 5.22. The van der Waals surface area contributed by atoms with E-state index in [0.29, 0.717) is 6.42 Å². The first kappa shape index (κ1) is 13.5. The molecule has 21 heavy (non-hydrogen) atoms. The van der Waals surface area contributed by atoms with E-state index >= 15 is 0 Å². The van der Waals surface area contributed by atoms with Crippen molar-refractivity contribution in [2.24, 2.45) is 0 Å². The topological polar surface area (TPSA) is 76.3 Å². The van der Waals surface area contributed by atoms with Crippen LogP contribution in [0.1, 0.15) is 28.2 Å². The lowest BCUT2D eigenvalue weighted by Crippen LogP contribution is -2.20. The summed E-state index contributed by atoms with van der Waals surface area (Å²) < 4.78 is 0. The van der Waals surface area contributed by atoms with E-state index < -0.39 is 0 Å². The van der Waals surface area contributed by atoms with E-state index in [4.69, 9.17) is 0 Å². The number of nitrogens with zero attached hydrogens (tertiary/aromatic N) is 1. The largest absolute Gasteiger partial charge is 0.504 e. The number of rotatable bonds is 1. The van der Waals surface area contributed by atoms with E-state index in [1.807, 2.05) is 36.4 Å². The fourth-order valence-electron chi connectivity index (χ4n) is 2.97. The lowest BCUT2D eigenvalue weighted by Gasteiger charge is -2.19. The first-order chi connectivity index (χ1) is 10.2. The van der Waals surface area contributed by atoms with Gasteiger partial charge in [0.2, 0.25) is 0 Å². The minimum atomic E-state index is -0.315. The summed E-state index contributed by atoms with van der Waals surface area (Å²) in [7, 11) is 0. The molecule has 0 amide bonds. The average molecular weight is 280 g/mol. The fraction of sp³-hybridized carbons (Fsp3) is 0.235. The van der Waals surface area contributed by atoms with Gasteiger partial charge in [-0.1, -0.05) is 30.3 Å². The van der Waals surface area contributed by atoms with Crippen molar-refractivity contribution in [3.05, 3.63) is 58.7 Å². The quantitative estimate of drug-likeness (QED) is 0.700. The van der Waals surface area contributed by atoms with Gasteiger partial charge in [-0.3, -0.25) is 0 Å². The molecule has 0 radical (unpaired) electrons. The predicted octanol–water partition coefficient (Wildman–Crippen LogP) is 2.25. The molecule has 0 saturated carbocycles. The molecule has 0 saturated heterocycles. The third-order valence-electron chi connectivity index (χ3n) is 4.01. The summed E-state index contributed by atoms with van der Waals surface area (Å²) in [5.74, 6) is -0.486. The third kappa shape index (κ3) is 2.32. The SMILES string of the molecule is N#Cc1c(O)c(O)cc2c1CCNC[C@H]2c1ccccc1. The standard InChI is InChI=1S/C17H16N2O2/c18-9-14-12-6-7-19-10-15(11-4-2-1-3-5-11)13(12)8-16(20)17(14)21/h1-5,8,15,19-21H,6-7,10H2/t15-/m0/s1. The van der Waals surface area contributed by atoms with E-state index in [2.05, 4.69) is 5.32 Å². The lowest BCUT2D eigenvalue weighted by molar-refractivity contribution is 0.401. The summed E-state index contributed by atoms with van der Waals surface area (Å²) in [5.41, 5.74) is 3.06. The van der Waals surface area contributed by atoms with E-state index in [0.717, 1.165) is 29.8 Å². The number of nitriles is 1. The number of phenolic OH excluding ortho intramolecular Hbond substituents is 2. The highest BCUT2D eigenvalue weighted by atomic mass is 16.3. The highest BCUT2D eigenvalue weighted by Gasteiger charge is 2.25. The van der Waals surface area contributed by atoms with Gasteiger partial charge in [0, 0.05) is 12.5 Å². The minimum Gasteiger partial charge on any atom is -0.504 e. The van der Waals surface area contributed by atoms with Crippen molar-refractivity contribution in [3.63, 3.8) is 0 Å². The van der Waals surface area contributed by atoms with Gasteiger partial charge < -0.3 is 15.5 Å². The highest BCUT2D eigenvalue weighted by Crippen LogP contribution is 2.39. The van der Waals surface area contributed by atoms with Gasteiger partial charge in [-0.25, -0.2) is 0 Å². The van der Waals surface area contributed by atoms with Gasteiger partial charge in [-0.2, -0.15) is 5.26 Å². The van der Waals surface area contributed by atoms with Crippen LogP contribution in [0.4, 0.5) is 0 Å². The van der Waals surface area contributed by atoms with Crippen LogP contribution >= 0.6 is 0 Å². The lowest BCUT2D eigenvalue weighted by atomic mass is 9.85. The van der Waals surface area contributed by atoms with Gasteiger partial charge in [0.1, 0.15) is 11.6 Å². The molecule has 1 atom stereocenters. The molecule has 1 aliphatic heterocycles. The zero-order valence-corrected chi connectivity index (χ0v) is 11.5. The normalized spacial score (nSPS) is 17.6. The van der Waals surface area contributed by atoms with Crippen molar-refractivity contribution < 1.29 is 10.2 Å². The average Bonchev–Trinajstić information content (AvgIpc) is 2.72. The number of benzene rings is 2. The maximum absolute atomic E-state index is 9.92. The van der Waals surface area contributed by atoms with E-state index in [9.17, 15) is 15.5 Å². The van der Waals surface area contributed by atoms with Crippen molar-refractivity contribution >= 4 is 0 Å². The first-order valence-electron chi connectivity index (χ1n) is 6.96. The van der Waals surface area contributed by atoms with Crippen LogP contribution in [0.2, 0.25) is 0 Å². The van der Waals surface area contributed by atoms with Crippen LogP contribution in [0.25, 0.3) is 0 Å². The molecular formula is C17H16N2O2. The smallest absolute Gasteiger partial charge is 0.175 e. The molecule has 2 aromatic carbocycles. The van der Waals surface area contributed by atoms with Gasteiger partial charge in [0.25, 0.3) is 0 Å². The Bertz CT molecular complexity index is 705. The van der Waals surface area contributed by atoms with Crippen LogP contribution in [0.5, 0.6) is 11.5 Å². The zero-order valence-electron chi connectivity index (χ0n) is 11.5. The Hall–Kier alpha value is -2.51. The van der Waals surface area contributed by atoms with Crippen molar-refractivity contribution in [1.82, 2.24) is 5.32 Å². The van der Waals surface area contributed by atoms with E-state index in [1.54, 1.807) is 6.07 Å². The molecule has 2 aromatic rings. The maximum Gasteiger partial charge on any atom is 0.175 e. The van der Waals surface area contributed by atoms with E-state index in [1.165, 1.54) is 0 Å². The van der Waals surface area contributed by atoms with Crippen molar-refractivity contribution in [3.8, 4) is 17.6 Å². The molecular weight excluding hydrogens is 264 g/mol. The molecule has 4 heteroatoms. The van der Waals surface area contributed by atoms with Crippen molar-refractivity contribution in [2.75, 3.05) is 13.1 Å². The summed E-state index contributed by atoms with van der Waals surface area (Å²) in [6, 6.07) is 13.6. The molecule has 4 nitrogen and oxygen atoms in total. The number of phenols is 2. The Kier molecular flexibility index (Phi) is 3.51. The van der Waals surface area contributed by atoms with Gasteiger partial charge in [-0.05, 0) is 35.7 Å². The number of hydrogen-bond donors (Lipinski definition) is 3. The van der Waals surface area contributed by atoms with Gasteiger partial charge >= 0.3 is 0 Å². The molecule has 0 bridgehead atoms. The molecule has 0 unspecified atom stereocenters. The number of fused-ring (bicyclic) bond motifs is 1. The van der Waals surface area contributed by atoms with E-state index in [-0.39, 0.29) is 23.0 Å². The summed E-state index contributed by atoms with van der Waals surface area (Å²) >= 11 is 0. The molecule has 1 aliphatic rings. The Morgan fingerprint density at radius 1 is 1.19 bits per heavy atom. The van der Waals surface area contributed by atoms with Crippen LogP contribution in [0.15, 0.2) is 36.4 Å². The number of nitrogens with one attached hydrogen (secondary N) is 1. The van der Waals surface area contributed by atoms with Gasteiger partial charge in [0.05, 0.1) is 0 Å². The molecule has 0 spiro atoms. The first-order valence-corrected chi connectivity index (χ1v) is 6.96. The molecule has 0 aliphatic carbocycles. The predicted molar refractivity (Wildman–Crippen MR) is 79.3 cm³/mol. The van der Waals surface area contributed by atoms with Crippen LogP contribution in [-0.4, -0.2) is 23.3 Å². The Balaban J connectivity index is 2.21. The monoisotopic (exact) mass is 280 g/mol. The summed E-state index contributed by atoms with van der Waals surface area (Å²) in [4.78, 5) is 0.